The Morgan fingerprint density at radius 3 is 2.89 bits per heavy atom. The summed E-state index contributed by atoms with van der Waals surface area (Å²) in [5, 5.41) is 11.5. The lowest BCUT2D eigenvalue weighted by Gasteiger charge is -1.98. The van der Waals surface area contributed by atoms with E-state index in [1.807, 2.05) is 0 Å². The Bertz CT molecular complexity index is 740. The fourth-order valence-electron chi connectivity index (χ4n) is 1.56. The highest BCUT2D eigenvalue weighted by atomic mass is 79.9. The lowest BCUT2D eigenvalue weighted by molar-refractivity contribution is -0.386. The zero-order valence-corrected chi connectivity index (χ0v) is 10.7. The number of halogens is 1. The number of hydrogen-bond donors (Lipinski definition) is 1. The number of aromatic nitrogens is 1. The smallest absolute Gasteiger partial charge is 0.332 e. The summed E-state index contributed by atoms with van der Waals surface area (Å²) in [6, 6.07) is 4.98. The number of aromatic amines is 1. The summed E-state index contributed by atoms with van der Waals surface area (Å²) in [4.78, 5) is 24.6. The number of pyridine rings is 1. The Hall–Kier alpha value is -2.13. The predicted molar refractivity (Wildman–Crippen MR) is 71.9 cm³/mol. The van der Waals surface area contributed by atoms with Crippen LogP contribution in [0.3, 0.4) is 0 Å². The van der Waals surface area contributed by atoms with Crippen LogP contribution in [0.25, 0.3) is 10.9 Å². The molecule has 0 atom stereocenters. The third-order valence-corrected chi connectivity index (χ3v) is 2.64. The summed E-state index contributed by atoms with van der Waals surface area (Å²) in [7, 11) is 0. The second-order valence-electron chi connectivity index (χ2n) is 3.46. The van der Waals surface area contributed by atoms with Gasteiger partial charge in [0.25, 0.3) is 5.43 Å². The van der Waals surface area contributed by atoms with Crippen molar-refractivity contribution in [3.8, 4) is 11.8 Å². The third kappa shape index (κ3) is 2.26. The average molecular weight is 307 g/mol. The maximum Gasteiger partial charge on any atom is 0.332 e. The molecule has 0 radical (unpaired) electrons. The van der Waals surface area contributed by atoms with Crippen molar-refractivity contribution in [3.05, 3.63) is 50.3 Å². The predicted octanol–water partition coefficient (Wildman–Crippen LogP) is 2.18. The number of rotatable bonds is 1. The summed E-state index contributed by atoms with van der Waals surface area (Å²) < 4.78 is 0. The Kier molecular flexibility index (Phi) is 3.44. The van der Waals surface area contributed by atoms with E-state index in [9.17, 15) is 14.9 Å². The van der Waals surface area contributed by atoms with E-state index in [-0.39, 0.29) is 5.39 Å². The largest absolute Gasteiger partial charge is 0.355 e. The summed E-state index contributed by atoms with van der Waals surface area (Å²) in [5.74, 6) is 5.65. The number of hydrogen-bond acceptors (Lipinski definition) is 3. The van der Waals surface area contributed by atoms with Gasteiger partial charge in [-0.15, -0.1) is 0 Å². The number of nitrogens with zero attached hydrogens (tertiary/aromatic N) is 1. The van der Waals surface area contributed by atoms with E-state index < -0.39 is 16.0 Å². The van der Waals surface area contributed by atoms with Crippen LogP contribution in [0, 0.1) is 22.0 Å². The van der Waals surface area contributed by atoms with Gasteiger partial charge >= 0.3 is 5.69 Å². The van der Waals surface area contributed by atoms with Gasteiger partial charge in [-0.25, -0.2) is 0 Å². The molecule has 2 aromatic rings. The molecular weight excluding hydrogens is 300 g/mol. The van der Waals surface area contributed by atoms with Gasteiger partial charge in [-0.1, -0.05) is 27.8 Å². The van der Waals surface area contributed by atoms with Gasteiger partial charge in [0.05, 0.1) is 21.8 Å². The lowest BCUT2D eigenvalue weighted by Crippen LogP contribution is -2.09. The van der Waals surface area contributed by atoms with E-state index >= 15 is 0 Å². The third-order valence-electron chi connectivity index (χ3n) is 2.36. The average Bonchev–Trinajstić information content (AvgIpc) is 2.36. The van der Waals surface area contributed by atoms with E-state index in [0.717, 1.165) is 6.20 Å². The van der Waals surface area contributed by atoms with Crippen molar-refractivity contribution in [3.63, 3.8) is 0 Å². The number of nitrogens with one attached hydrogen (secondary N) is 1. The van der Waals surface area contributed by atoms with Gasteiger partial charge in [0.2, 0.25) is 0 Å². The molecule has 0 saturated heterocycles. The zero-order chi connectivity index (χ0) is 13.1. The standard InChI is InChI=1S/C12H7BrN2O3/c13-5-1-2-8-3-4-10-9(6-8)12(16)11(7-14-10)15(17)18/h3-4,6-7H,5H2,(H,14,16). The Balaban J connectivity index is 2.70. The lowest BCUT2D eigenvalue weighted by atomic mass is 10.1. The molecule has 0 unspecified atom stereocenters. The van der Waals surface area contributed by atoms with Gasteiger partial charge < -0.3 is 4.98 Å². The summed E-state index contributed by atoms with van der Waals surface area (Å²) in [6.07, 6.45) is 1.11. The van der Waals surface area contributed by atoms with Crippen LogP contribution in [0.2, 0.25) is 0 Å². The van der Waals surface area contributed by atoms with E-state index in [1.54, 1.807) is 18.2 Å². The molecule has 0 bridgehead atoms. The van der Waals surface area contributed by atoms with Crippen LogP contribution in [0.15, 0.2) is 29.2 Å². The van der Waals surface area contributed by atoms with Crippen molar-refractivity contribution in [2.45, 2.75) is 0 Å². The van der Waals surface area contributed by atoms with Gasteiger partial charge in [-0.05, 0) is 18.2 Å². The molecule has 1 aromatic carbocycles. The van der Waals surface area contributed by atoms with E-state index in [1.165, 1.54) is 0 Å². The minimum atomic E-state index is -0.699. The van der Waals surface area contributed by atoms with E-state index in [0.29, 0.717) is 16.4 Å². The molecule has 18 heavy (non-hydrogen) atoms. The number of H-pyrrole nitrogens is 1. The van der Waals surface area contributed by atoms with Crippen LogP contribution in [0.4, 0.5) is 5.69 Å². The first-order chi connectivity index (χ1) is 8.63. The molecule has 6 heteroatoms. The number of nitro groups is 1. The minimum absolute atomic E-state index is 0.269. The highest BCUT2D eigenvalue weighted by molar-refractivity contribution is 9.09. The van der Waals surface area contributed by atoms with Gasteiger partial charge in [0.1, 0.15) is 0 Å². The Morgan fingerprint density at radius 1 is 1.44 bits per heavy atom. The zero-order valence-electron chi connectivity index (χ0n) is 9.07. The van der Waals surface area contributed by atoms with Crippen LogP contribution in [-0.4, -0.2) is 15.2 Å². The summed E-state index contributed by atoms with van der Waals surface area (Å²) in [6.45, 7) is 0. The molecule has 1 N–H and O–H groups in total. The number of alkyl halides is 1. The van der Waals surface area contributed by atoms with Gasteiger partial charge in [-0.2, -0.15) is 0 Å². The normalized spacial score (nSPS) is 9.83. The monoisotopic (exact) mass is 306 g/mol. The number of benzene rings is 1. The van der Waals surface area contributed by atoms with Crippen molar-refractivity contribution in [1.29, 1.82) is 0 Å². The van der Waals surface area contributed by atoms with Gasteiger partial charge in [-0.3, -0.25) is 14.9 Å². The van der Waals surface area contributed by atoms with Crippen LogP contribution in [0.1, 0.15) is 5.56 Å². The number of fused-ring (bicyclic) bond motifs is 1. The molecule has 2 rings (SSSR count). The second kappa shape index (κ2) is 5.02. The highest BCUT2D eigenvalue weighted by Gasteiger charge is 2.14. The van der Waals surface area contributed by atoms with E-state index in [4.69, 9.17) is 0 Å². The van der Waals surface area contributed by atoms with Crippen molar-refractivity contribution in [1.82, 2.24) is 4.98 Å². The van der Waals surface area contributed by atoms with Crippen molar-refractivity contribution in [2.75, 3.05) is 5.33 Å². The van der Waals surface area contributed by atoms with Crippen LogP contribution < -0.4 is 5.43 Å². The van der Waals surface area contributed by atoms with Crippen molar-refractivity contribution >= 4 is 32.5 Å². The highest BCUT2D eigenvalue weighted by Crippen LogP contribution is 2.13. The van der Waals surface area contributed by atoms with E-state index in [2.05, 4.69) is 32.8 Å². The first-order valence-electron chi connectivity index (χ1n) is 4.98. The molecule has 0 aliphatic carbocycles. The molecule has 0 aliphatic rings. The van der Waals surface area contributed by atoms with Crippen molar-refractivity contribution < 1.29 is 4.92 Å². The molecule has 1 heterocycles. The molecule has 90 valence electrons. The Labute approximate surface area is 110 Å². The fraction of sp³-hybridized carbons (Fsp3) is 0.0833. The summed E-state index contributed by atoms with van der Waals surface area (Å²) in [5.41, 5.74) is 0.132. The maximum atomic E-state index is 11.9. The van der Waals surface area contributed by atoms with Crippen LogP contribution in [0.5, 0.6) is 0 Å². The molecular formula is C12H7BrN2O3. The first-order valence-corrected chi connectivity index (χ1v) is 6.10. The topological polar surface area (TPSA) is 76.0 Å². The second-order valence-corrected chi connectivity index (χ2v) is 4.02. The van der Waals surface area contributed by atoms with Gasteiger partial charge in [0, 0.05) is 11.1 Å². The molecule has 1 aromatic heterocycles. The Morgan fingerprint density at radius 2 is 2.22 bits per heavy atom. The van der Waals surface area contributed by atoms with Crippen LogP contribution in [-0.2, 0) is 0 Å². The first kappa shape index (κ1) is 12.3. The summed E-state index contributed by atoms with van der Waals surface area (Å²) >= 11 is 3.17. The van der Waals surface area contributed by atoms with Crippen molar-refractivity contribution in [2.24, 2.45) is 0 Å². The molecule has 0 amide bonds. The quantitative estimate of drug-likeness (QED) is 0.380. The molecule has 5 nitrogen and oxygen atoms in total. The molecule has 0 fully saturated rings. The molecule has 0 saturated carbocycles. The SMILES string of the molecule is O=c1c([N+](=O)[O-])c[nH]c2ccc(C#CCBr)cc12. The van der Waals surface area contributed by atoms with Crippen LogP contribution >= 0.6 is 15.9 Å². The maximum absolute atomic E-state index is 11.9. The molecule has 0 aliphatic heterocycles. The van der Waals surface area contributed by atoms with Gasteiger partial charge in [0.15, 0.2) is 0 Å². The molecule has 0 spiro atoms. The minimum Gasteiger partial charge on any atom is -0.355 e. The fourth-order valence-corrected chi connectivity index (χ4v) is 1.70.